The Hall–Kier alpha value is -1.57. The van der Waals surface area contributed by atoms with Crippen LogP contribution in [0.5, 0.6) is 0 Å². The van der Waals surface area contributed by atoms with Crippen molar-refractivity contribution in [2.75, 3.05) is 0 Å². The monoisotopic (exact) mass is 369 g/mol. The Labute approximate surface area is 167 Å². The first-order valence-electron chi connectivity index (χ1n) is 11.5. The number of nitrogens with zero attached hydrogens (tertiary/aromatic N) is 2. The Morgan fingerprint density at radius 2 is 1.33 bits per heavy atom. The van der Waals surface area contributed by atoms with Gasteiger partial charge < -0.3 is 0 Å². The molecule has 1 aromatic heterocycles. The number of rotatable bonds is 15. The predicted octanol–water partition coefficient (Wildman–Crippen LogP) is 6.70. The van der Waals surface area contributed by atoms with E-state index in [4.69, 9.17) is 0 Å². The average Bonchev–Trinajstić information content (AvgIpc) is 3.08. The van der Waals surface area contributed by atoms with Crippen molar-refractivity contribution >= 4 is 0 Å². The van der Waals surface area contributed by atoms with Gasteiger partial charge in [-0.2, -0.15) is 0 Å². The molecular formula is C25H41N2+. The molecule has 2 aromatic rings. The fourth-order valence-electron chi connectivity index (χ4n) is 3.94. The Bertz CT molecular complexity index is 600. The topological polar surface area (TPSA) is 8.81 Å². The molecule has 0 unspecified atom stereocenters. The molecule has 2 heteroatoms. The first-order chi connectivity index (χ1) is 13.3. The molecule has 27 heavy (non-hydrogen) atoms. The molecule has 1 heterocycles. The van der Waals surface area contributed by atoms with E-state index in [1.54, 1.807) is 0 Å². The van der Waals surface area contributed by atoms with Gasteiger partial charge in [0.1, 0.15) is 18.9 Å². The number of aromatic nitrogens is 2. The smallest absolute Gasteiger partial charge is 0.235 e. The van der Waals surface area contributed by atoms with Crippen LogP contribution in [0.1, 0.15) is 95.9 Å². The second-order valence-electron chi connectivity index (χ2n) is 7.90. The summed E-state index contributed by atoms with van der Waals surface area (Å²) in [4.78, 5) is 0. The Morgan fingerprint density at radius 3 is 1.93 bits per heavy atom. The van der Waals surface area contributed by atoms with E-state index in [1.807, 2.05) is 0 Å². The van der Waals surface area contributed by atoms with Crippen LogP contribution < -0.4 is 4.57 Å². The molecule has 0 fully saturated rings. The van der Waals surface area contributed by atoms with Crippen molar-refractivity contribution in [1.29, 1.82) is 0 Å². The van der Waals surface area contributed by atoms with Gasteiger partial charge >= 0.3 is 0 Å². The third-order valence-corrected chi connectivity index (χ3v) is 5.63. The fraction of sp³-hybridized carbons (Fsp3) is 0.640. The number of imidazole rings is 1. The first-order valence-corrected chi connectivity index (χ1v) is 11.5. The van der Waals surface area contributed by atoms with E-state index < -0.39 is 0 Å². The SMILES string of the molecule is CCCCCCCCCCCCCc1n(Cc2ccccc2)cc[n+]1CC. The van der Waals surface area contributed by atoms with Crippen LogP contribution in [-0.4, -0.2) is 4.57 Å². The van der Waals surface area contributed by atoms with Crippen LogP contribution in [0, 0.1) is 0 Å². The molecular weight excluding hydrogens is 328 g/mol. The molecule has 150 valence electrons. The number of benzene rings is 1. The maximum Gasteiger partial charge on any atom is 0.256 e. The lowest BCUT2D eigenvalue weighted by Crippen LogP contribution is -2.36. The summed E-state index contributed by atoms with van der Waals surface area (Å²) in [7, 11) is 0. The van der Waals surface area contributed by atoms with Gasteiger partial charge in [0, 0.05) is 6.42 Å². The minimum absolute atomic E-state index is 0.987. The lowest BCUT2D eigenvalue weighted by atomic mass is 10.1. The lowest BCUT2D eigenvalue weighted by molar-refractivity contribution is -0.700. The van der Waals surface area contributed by atoms with Gasteiger partial charge in [-0.05, 0) is 18.9 Å². The van der Waals surface area contributed by atoms with E-state index in [2.05, 4.69) is 65.7 Å². The summed E-state index contributed by atoms with van der Waals surface area (Å²) in [6.45, 7) is 6.59. The van der Waals surface area contributed by atoms with Gasteiger partial charge in [-0.25, -0.2) is 9.13 Å². The zero-order chi connectivity index (χ0) is 19.2. The molecule has 2 nitrogen and oxygen atoms in total. The summed E-state index contributed by atoms with van der Waals surface area (Å²) in [5.74, 6) is 1.48. The Balaban J connectivity index is 1.64. The van der Waals surface area contributed by atoms with Crippen LogP contribution in [0.3, 0.4) is 0 Å². The summed E-state index contributed by atoms with van der Waals surface area (Å²) in [5.41, 5.74) is 1.39. The molecule has 0 aliphatic rings. The lowest BCUT2D eigenvalue weighted by Gasteiger charge is -2.05. The fourth-order valence-corrected chi connectivity index (χ4v) is 3.94. The predicted molar refractivity (Wildman–Crippen MR) is 116 cm³/mol. The molecule has 0 aliphatic carbocycles. The largest absolute Gasteiger partial charge is 0.256 e. The van der Waals surface area contributed by atoms with E-state index >= 15 is 0 Å². The summed E-state index contributed by atoms with van der Waals surface area (Å²) in [6, 6.07) is 10.8. The van der Waals surface area contributed by atoms with Crippen LogP contribution in [0.4, 0.5) is 0 Å². The summed E-state index contributed by atoms with van der Waals surface area (Å²) in [6.07, 6.45) is 21.2. The van der Waals surface area contributed by atoms with Crippen LogP contribution in [-0.2, 0) is 19.5 Å². The molecule has 0 amide bonds. The standard InChI is InChI=1S/C25H41N2/c1-3-5-6-7-8-9-10-11-12-13-17-20-25-26(4-2)21-22-27(25)23-24-18-15-14-16-19-24/h14-16,18-19,21-22H,3-13,17,20,23H2,1-2H3/q+1. The molecule has 0 atom stereocenters. The van der Waals surface area contributed by atoms with E-state index in [0.29, 0.717) is 0 Å². The van der Waals surface area contributed by atoms with E-state index in [1.165, 1.54) is 88.4 Å². The summed E-state index contributed by atoms with van der Waals surface area (Å²) in [5, 5.41) is 0. The highest BCUT2D eigenvalue weighted by molar-refractivity contribution is 5.15. The van der Waals surface area contributed by atoms with Gasteiger partial charge in [0.05, 0.1) is 6.54 Å². The molecule has 0 N–H and O–H groups in total. The Kier molecular flexibility index (Phi) is 10.9. The second kappa shape index (κ2) is 13.6. The third kappa shape index (κ3) is 8.32. The van der Waals surface area contributed by atoms with Crippen molar-refractivity contribution in [1.82, 2.24) is 4.57 Å². The molecule has 2 rings (SSSR count). The van der Waals surface area contributed by atoms with Gasteiger partial charge in [0.2, 0.25) is 0 Å². The summed E-state index contributed by atoms with van der Waals surface area (Å²) < 4.78 is 4.86. The van der Waals surface area contributed by atoms with Gasteiger partial charge in [-0.3, -0.25) is 0 Å². The van der Waals surface area contributed by atoms with Gasteiger partial charge in [-0.1, -0.05) is 101 Å². The molecule has 0 spiro atoms. The Morgan fingerprint density at radius 1 is 0.741 bits per heavy atom. The molecule has 0 radical (unpaired) electrons. The van der Waals surface area contributed by atoms with Crippen molar-refractivity contribution in [3.05, 3.63) is 54.1 Å². The highest BCUT2D eigenvalue weighted by atomic mass is 15.1. The zero-order valence-electron chi connectivity index (χ0n) is 17.8. The van der Waals surface area contributed by atoms with Gasteiger partial charge in [0.15, 0.2) is 0 Å². The second-order valence-corrected chi connectivity index (χ2v) is 7.90. The maximum atomic E-state index is 2.44. The minimum Gasteiger partial charge on any atom is -0.235 e. The number of aryl methyl sites for hydroxylation is 1. The van der Waals surface area contributed by atoms with E-state index in [0.717, 1.165) is 13.1 Å². The average molecular weight is 370 g/mol. The van der Waals surface area contributed by atoms with Crippen molar-refractivity contribution < 1.29 is 4.57 Å². The van der Waals surface area contributed by atoms with Crippen LogP contribution in [0.15, 0.2) is 42.7 Å². The van der Waals surface area contributed by atoms with Crippen LogP contribution >= 0.6 is 0 Å². The van der Waals surface area contributed by atoms with Crippen molar-refractivity contribution in [2.45, 2.75) is 104 Å². The van der Waals surface area contributed by atoms with E-state index in [-0.39, 0.29) is 0 Å². The van der Waals surface area contributed by atoms with Gasteiger partial charge in [0.25, 0.3) is 5.82 Å². The summed E-state index contributed by atoms with van der Waals surface area (Å²) >= 11 is 0. The van der Waals surface area contributed by atoms with Crippen molar-refractivity contribution in [2.24, 2.45) is 0 Å². The molecule has 0 saturated heterocycles. The molecule has 0 saturated carbocycles. The maximum absolute atomic E-state index is 2.44. The zero-order valence-corrected chi connectivity index (χ0v) is 17.8. The van der Waals surface area contributed by atoms with Gasteiger partial charge in [-0.15, -0.1) is 0 Å². The van der Waals surface area contributed by atoms with Crippen molar-refractivity contribution in [3.63, 3.8) is 0 Å². The van der Waals surface area contributed by atoms with Crippen molar-refractivity contribution in [3.8, 4) is 0 Å². The number of unbranched alkanes of at least 4 members (excludes halogenated alkanes) is 10. The number of hydrogen-bond donors (Lipinski definition) is 0. The third-order valence-electron chi connectivity index (χ3n) is 5.63. The molecule has 0 aliphatic heterocycles. The van der Waals surface area contributed by atoms with Crippen LogP contribution in [0.25, 0.3) is 0 Å². The normalized spacial score (nSPS) is 11.2. The minimum atomic E-state index is 0.987. The highest BCUT2D eigenvalue weighted by Crippen LogP contribution is 2.13. The molecule has 0 bridgehead atoms. The number of hydrogen-bond acceptors (Lipinski definition) is 0. The van der Waals surface area contributed by atoms with E-state index in [9.17, 15) is 0 Å². The highest BCUT2D eigenvalue weighted by Gasteiger charge is 2.15. The first kappa shape index (κ1) is 21.7. The van der Waals surface area contributed by atoms with Crippen LogP contribution in [0.2, 0.25) is 0 Å². The molecule has 1 aromatic carbocycles. The quantitative estimate of drug-likeness (QED) is 0.244.